The van der Waals surface area contributed by atoms with Gasteiger partial charge in [0.05, 0.1) is 19.8 Å². The third kappa shape index (κ3) is 4.07. The standard InChI is InChI=1S/C11H23NO3/c1-11(8-13,9-14)7-12(5-6-15-2)10-3-4-10/h10,13-14H,3-9H2,1-2H3. The largest absolute Gasteiger partial charge is 0.396 e. The normalized spacial score (nSPS) is 17.4. The topological polar surface area (TPSA) is 52.9 Å². The molecule has 1 aliphatic carbocycles. The average Bonchev–Trinajstić information content (AvgIpc) is 3.07. The maximum atomic E-state index is 9.24. The molecular formula is C11H23NO3. The Hall–Kier alpha value is -0.160. The highest BCUT2D eigenvalue weighted by Crippen LogP contribution is 2.29. The van der Waals surface area contributed by atoms with Gasteiger partial charge in [-0.1, -0.05) is 6.92 Å². The van der Waals surface area contributed by atoms with Crippen LogP contribution in [0.4, 0.5) is 0 Å². The van der Waals surface area contributed by atoms with Gasteiger partial charge in [0.2, 0.25) is 0 Å². The lowest BCUT2D eigenvalue weighted by Crippen LogP contribution is -2.43. The molecule has 0 radical (unpaired) electrons. The van der Waals surface area contributed by atoms with Crippen molar-refractivity contribution in [2.45, 2.75) is 25.8 Å². The summed E-state index contributed by atoms with van der Waals surface area (Å²) in [5, 5.41) is 18.5. The van der Waals surface area contributed by atoms with Crippen LogP contribution in [0.3, 0.4) is 0 Å². The van der Waals surface area contributed by atoms with Crippen LogP contribution in [-0.2, 0) is 4.74 Å². The second kappa shape index (κ2) is 5.80. The van der Waals surface area contributed by atoms with E-state index in [-0.39, 0.29) is 13.2 Å². The predicted molar refractivity (Wildman–Crippen MR) is 58.7 cm³/mol. The highest BCUT2D eigenvalue weighted by Gasteiger charge is 2.34. The van der Waals surface area contributed by atoms with Crippen molar-refractivity contribution in [3.05, 3.63) is 0 Å². The number of hydrogen-bond donors (Lipinski definition) is 2. The molecule has 90 valence electrons. The Morgan fingerprint density at radius 2 is 1.93 bits per heavy atom. The lowest BCUT2D eigenvalue weighted by atomic mass is 9.92. The highest BCUT2D eigenvalue weighted by molar-refractivity contribution is 4.88. The first-order chi connectivity index (χ1) is 7.15. The van der Waals surface area contributed by atoms with E-state index in [4.69, 9.17) is 4.74 Å². The van der Waals surface area contributed by atoms with Gasteiger partial charge in [0.15, 0.2) is 0 Å². The second-order valence-corrected chi connectivity index (χ2v) is 4.82. The van der Waals surface area contributed by atoms with Gasteiger partial charge in [-0.2, -0.15) is 0 Å². The minimum absolute atomic E-state index is 0.0275. The zero-order valence-corrected chi connectivity index (χ0v) is 9.78. The molecule has 2 N–H and O–H groups in total. The molecule has 1 fully saturated rings. The third-order valence-electron chi connectivity index (χ3n) is 2.99. The number of aliphatic hydroxyl groups is 2. The molecular weight excluding hydrogens is 194 g/mol. The Kier molecular flexibility index (Phi) is 4.99. The summed E-state index contributed by atoms with van der Waals surface area (Å²) in [5.74, 6) is 0. The summed E-state index contributed by atoms with van der Waals surface area (Å²) in [4.78, 5) is 2.32. The number of hydrogen-bond acceptors (Lipinski definition) is 4. The number of methoxy groups -OCH3 is 1. The van der Waals surface area contributed by atoms with Crippen molar-refractivity contribution in [2.75, 3.05) is 40.0 Å². The van der Waals surface area contributed by atoms with Crippen molar-refractivity contribution >= 4 is 0 Å². The van der Waals surface area contributed by atoms with E-state index >= 15 is 0 Å². The van der Waals surface area contributed by atoms with Gasteiger partial charge in [-0.05, 0) is 12.8 Å². The molecule has 4 heteroatoms. The van der Waals surface area contributed by atoms with Crippen LogP contribution in [0, 0.1) is 5.41 Å². The maximum Gasteiger partial charge on any atom is 0.0589 e. The van der Waals surface area contributed by atoms with Gasteiger partial charge in [0.25, 0.3) is 0 Å². The molecule has 0 aromatic heterocycles. The summed E-state index contributed by atoms with van der Waals surface area (Å²) in [5.41, 5.74) is -0.393. The van der Waals surface area contributed by atoms with Gasteiger partial charge >= 0.3 is 0 Å². The molecule has 4 nitrogen and oxygen atoms in total. The Labute approximate surface area is 91.8 Å². The lowest BCUT2D eigenvalue weighted by molar-refractivity contribution is 0.0249. The Morgan fingerprint density at radius 3 is 2.33 bits per heavy atom. The molecule has 0 aromatic carbocycles. The highest BCUT2D eigenvalue weighted by atomic mass is 16.5. The zero-order chi connectivity index (χ0) is 11.3. The van der Waals surface area contributed by atoms with Crippen molar-refractivity contribution in [2.24, 2.45) is 5.41 Å². The van der Waals surface area contributed by atoms with E-state index in [1.807, 2.05) is 6.92 Å². The minimum Gasteiger partial charge on any atom is -0.396 e. The van der Waals surface area contributed by atoms with Crippen LogP contribution in [0.2, 0.25) is 0 Å². The van der Waals surface area contributed by atoms with Crippen molar-refractivity contribution in [1.29, 1.82) is 0 Å². The molecule has 0 amide bonds. The lowest BCUT2D eigenvalue weighted by Gasteiger charge is -2.32. The average molecular weight is 217 g/mol. The predicted octanol–water partition coefficient (Wildman–Crippen LogP) is 0.0881. The summed E-state index contributed by atoms with van der Waals surface area (Å²) in [6, 6.07) is 0.637. The molecule has 0 aliphatic heterocycles. The Bertz CT molecular complexity index is 179. The first kappa shape index (κ1) is 12.9. The van der Waals surface area contributed by atoms with Crippen molar-refractivity contribution in [1.82, 2.24) is 4.90 Å². The van der Waals surface area contributed by atoms with E-state index in [2.05, 4.69) is 4.90 Å². The molecule has 1 aliphatic rings. The van der Waals surface area contributed by atoms with Gasteiger partial charge in [0.1, 0.15) is 0 Å². The molecule has 0 atom stereocenters. The van der Waals surface area contributed by atoms with Crippen LogP contribution in [0.25, 0.3) is 0 Å². The number of nitrogens with zero attached hydrogens (tertiary/aromatic N) is 1. The summed E-state index contributed by atoms with van der Waals surface area (Å²) >= 11 is 0. The number of aliphatic hydroxyl groups excluding tert-OH is 2. The number of ether oxygens (including phenoxy) is 1. The van der Waals surface area contributed by atoms with Gasteiger partial charge in [-0.3, -0.25) is 4.90 Å². The monoisotopic (exact) mass is 217 g/mol. The number of rotatable bonds is 8. The molecule has 0 saturated heterocycles. The molecule has 15 heavy (non-hydrogen) atoms. The van der Waals surface area contributed by atoms with Gasteiger partial charge in [0, 0.05) is 31.7 Å². The van der Waals surface area contributed by atoms with Gasteiger partial charge < -0.3 is 14.9 Å². The van der Waals surface area contributed by atoms with Crippen molar-refractivity contribution in [3.8, 4) is 0 Å². The van der Waals surface area contributed by atoms with Crippen LogP contribution in [0.15, 0.2) is 0 Å². The van der Waals surface area contributed by atoms with E-state index in [0.717, 1.165) is 13.1 Å². The van der Waals surface area contributed by atoms with Gasteiger partial charge in [-0.25, -0.2) is 0 Å². The maximum absolute atomic E-state index is 9.24. The molecule has 0 heterocycles. The smallest absolute Gasteiger partial charge is 0.0589 e. The fourth-order valence-electron chi connectivity index (χ4n) is 1.68. The molecule has 1 saturated carbocycles. The SMILES string of the molecule is COCCN(CC(C)(CO)CO)C1CC1. The summed E-state index contributed by atoms with van der Waals surface area (Å²) in [7, 11) is 1.70. The molecule has 0 bridgehead atoms. The van der Waals surface area contributed by atoms with E-state index in [0.29, 0.717) is 12.6 Å². The van der Waals surface area contributed by atoms with Crippen LogP contribution >= 0.6 is 0 Å². The fourth-order valence-corrected chi connectivity index (χ4v) is 1.68. The van der Waals surface area contributed by atoms with E-state index in [1.165, 1.54) is 12.8 Å². The molecule has 0 unspecified atom stereocenters. The van der Waals surface area contributed by atoms with Gasteiger partial charge in [-0.15, -0.1) is 0 Å². The molecule has 1 rings (SSSR count). The van der Waals surface area contributed by atoms with E-state index in [9.17, 15) is 10.2 Å². The Balaban J connectivity index is 2.41. The zero-order valence-electron chi connectivity index (χ0n) is 9.78. The fraction of sp³-hybridized carbons (Fsp3) is 1.00. The third-order valence-corrected chi connectivity index (χ3v) is 2.99. The van der Waals surface area contributed by atoms with Crippen LogP contribution in [0.1, 0.15) is 19.8 Å². The van der Waals surface area contributed by atoms with E-state index < -0.39 is 5.41 Å². The first-order valence-corrected chi connectivity index (χ1v) is 5.60. The van der Waals surface area contributed by atoms with E-state index in [1.54, 1.807) is 7.11 Å². The van der Waals surface area contributed by atoms with Crippen molar-refractivity contribution < 1.29 is 14.9 Å². The minimum atomic E-state index is -0.393. The first-order valence-electron chi connectivity index (χ1n) is 5.60. The van der Waals surface area contributed by atoms with Crippen LogP contribution in [0.5, 0.6) is 0 Å². The summed E-state index contributed by atoms with van der Waals surface area (Å²) in [6.07, 6.45) is 2.47. The summed E-state index contributed by atoms with van der Waals surface area (Å²) < 4.78 is 5.07. The van der Waals surface area contributed by atoms with Crippen molar-refractivity contribution in [3.63, 3.8) is 0 Å². The second-order valence-electron chi connectivity index (χ2n) is 4.82. The molecule has 0 aromatic rings. The van der Waals surface area contributed by atoms with Crippen LogP contribution in [-0.4, -0.2) is 61.2 Å². The summed E-state index contributed by atoms with van der Waals surface area (Å²) in [6.45, 7) is 4.31. The van der Waals surface area contributed by atoms with Crippen LogP contribution < -0.4 is 0 Å². The quantitative estimate of drug-likeness (QED) is 0.605. The molecule has 0 spiro atoms. The Morgan fingerprint density at radius 1 is 1.33 bits per heavy atom.